The van der Waals surface area contributed by atoms with Crippen molar-refractivity contribution in [1.29, 1.82) is 0 Å². The fourth-order valence-electron chi connectivity index (χ4n) is 6.02. The van der Waals surface area contributed by atoms with Crippen LogP contribution < -0.4 is 0 Å². The Morgan fingerprint density at radius 2 is 2.05 bits per heavy atom. The van der Waals surface area contributed by atoms with Gasteiger partial charge in [0.05, 0.1) is 17.5 Å². The molecule has 6 nitrogen and oxygen atoms in total. The average molecular weight is 498 g/mol. The van der Waals surface area contributed by atoms with Gasteiger partial charge in [0, 0.05) is 50.3 Å². The molecule has 3 atom stereocenters. The molecular weight excluding hydrogens is 456 g/mol. The van der Waals surface area contributed by atoms with Gasteiger partial charge in [-0.25, -0.2) is 4.99 Å². The molecule has 37 heavy (non-hydrogen) atoms. The number of piperidine rings is 1. The molecule has 0 spiro atoms. The molecule has 6 heteroatoms. The topological polar surface area (TPSA) is 56.5 Å². The number of azo groups is 1. The van der Waals surface area contributed by atoms with Crippen molar-refractivity contribution in [2.75, 3.05) is 13.1 Å². The highest BCUT2D eigenvalue weighted by molar-refractivity contribution is 6.02. The van der Waals surface area contributed by atoms with Crippen LogP contribution >= 0.6 is 0 Å². The summed E-state index contributed by atoms with van der Waals surface area (Å²) >= 11 is 0. The van der Waals surface area contributed by atoms with Gasteiger partial charge in [0.1, 0.15) is 5.82 Å². The third-order valence-electron chi connectivity index (χ3n) is 8.09. The highest BCUT2D eigenvalue weighted by atomic mass is 15.2. The van der Waals surface area contributed by atoms with Gasteiger partial charge >= 0.3 is 0 Å². The molecule has 1 aromatic rings. The summed E-state index contributed by atoms with van der Waals surface area (Å²) in [5, 5.41) is 8.87. The van der Waals surface area contributed by atoms with Gasteiger partial charge in [0.15, 0.2) is 6.04 Å². The van der Waals surface area contributed by atoms with Crippen LogP contribution in [-0.4, -0.2) is 39.6 Å². The third kappa shape index (κ3) is 5.39. The summed E-state index contributed by atoms with van der Waals surface area (Å²) in [5.41, 5.74) is 6.34. The van der Waals surface area contributed by atoms with E-state index in [-0.39, 0.29) is 7.47 Å². The summed E-state index contributed by atoms with van der Waals surface area (Å²) in [6.45, 7) is 17.6. The van der Waals surface area contributed by atoms with E-state index in [0.29, 0.717) is 5.92 Å². The Morgan fingerprint density at radius 1 is 1.19 bits per heavy atom. The highest BCUT2D eigenvalue weighted by Crippen LogP contribution is 2.38. The number of rotatable bonds is 7. The summed E-state index contributed by atoms with van der Waals surface area (Å²) in [6, 6.07) is 4.90. The summed E-state index contributed by atoms with van der Waals surface area (Å²) < 4.78 is 0. The molecule has 4 heterocycles. The second kappa shape index (κ2) is 11.0. The fourth-order valence-corrected chi connectivity index (χ4v) is 6.02. The molecule has 1 unspecified atom stereocenters. The molecule has 5 rings (SSSR count). The van der Waals surface area contributed by atoms with Crippen molar-refractivity contribution in [3.63, 3.8) is 0 Å². The molecule has 0 amide bonds. The third-order valence-corrected chi connectivity index (χ3v) is 8.09. The SMILES string of the molecule is C=C(/C=C1/N=C(C2CC[C@H](C)C2)C(C)=CN1CC)[C@@H]1CCCCN1C(=C)[C]1C=C(c2cccnc2)N=N1.[HH]. The van der Waals surface area contributed by atoms with Gasteiger partial charge in [-0.05, 0) is 87.3 Å². The lowest BCUT2D eigenvalue weighted by Gasteiger charge is -2.40. The molecule has 1 radical (unpaired) electrons. The van der Waals surface area contributed by atoms with E-state index in [9.17, 15) is 0 Å². The van der Waals surface area contributed by atoms with Gasteiger partial charge < -0.3 is 9.80 Å². The molecule has 1 saturated heterocycles. The Kier molecular flexibility index (Phi) is 7.54. The van der Waals surface area contributed by atoms with Crippen molar-refractivity contribution in [2.24, 2.45) is 27.1 Å². The fraction of sp³-hybridized carbons (Fsp3) is 0.452. The second-order valence-electron chi connectivity index (χ2n) is 10.8. The number of hydrogen-bond donors (Lipinski definition) is 0. The van der Waals surface area contributed by atoms with Gasteiger partial charge in [-0.2, -0.15) is 10.2 Å². The maximum Gasteiger partial charge on any atom is 0.177 e. The maximum atomic E-state index is 5.24. The summed E-state index contributed by atoms with van der Waals surface area (Å²) in [4.78, 5) is 14.1. The van der Waals surface area contributed by atoms with E-state index in [4.69, 9.17) is 4.99 Å². The van der Waals surface area contributed by atoms with E-state index in [2.05, 4.69) is 71.2 Å². The molecule has 2 fully saturated rings. The number of likely N-dealkylation sites (tertiary alicyclic amines) is 1. The van der Waals surface area contributed by atoms with Crippen molar-refractivity contribution in [2.45, 2.75) is 65.3 Å². The first kappa shape index (κ1) is 25.4. The van der Waals surface area contributed by atoms with Crippen LogP contribution in [0.15, 0.2) is 93.9 Å². The Labute approximate surface area is 223 Å². The Balaban J connectivity index is 0.00000336. The molecular formula is C31H41N6. The minimum absolute atomic E-state index is 0. The van der Waals surface area contributed by atoms with Crippen LogP contribution in [0, 0.1) is 17.9 Å². The lowest BCUT2D eigenvalue weighted by Crippen LogP contribution is -2.40. The summed E-state index contributed by atoms with van der Waals surface area (Å²) in [6.07, 6.45) is 17.2. The summed E-state index contributed by atoms with van der Waals surface area (Å²) in [7, 11) is 0. The first-order valence-corrected chi connectivity index (χ1v) is 13.8. The van der Waals surface area contributed by atoms with Crippen LogP contribution in [0.3, 0.4) is 0 Å². The first-order valence-electron chi connectivity index (χ1n) is 13.8. The number of hydrogen-bond acceptors (Lipinski definition) is 6. The van der Waals surface area contributed by atoms with Crippen molar-refractivity contribution >= 4 is 11.4 Å². The van der Waals surface area contributed by atoms with Gasteiger partial charge in [-0.3, -0.25) is 4.98 Å². The van der Waals surface area contributed by atoms with Crippen LogP contribution in [0.25, 0.3) is 5.70 Å². The monoisotopic (exact) mass is 497 g/mol. The van der Waals surface area contributed by atoms with Gasteiger partial charge in [0.2, 0.25) is 0 Å². The molecule has 195 valence electrons. The van der Waals surface area contributed by atoms with Gasteiger partial charge in [0.25, 0.3) is 0 Å². The van der Waals surface area contributed by atoms with Crippen LogP contribution in [-0.2, 0) is 0 Å². The van der Waals surface area contributed by atoms with E-state index in [1.807, 2.05) is 24.4 Å². The number of pyridine rings is 1. The molecule has 1 saturated carbocycles. The number of allylic oxidation sites excluding steroid dienone is 1. The van der Waals surface area contributed by atoms with E-state index in [1.165, 1.54) is 37.0 Å². The molecule has 0 aromatic carbocycles. The molecule has 0 bridgehead atoms. The van der Waals surface area contributed by atoms with Gasteiger partial charge in [-0.15, -0.1) is 0 Å². The largest absolute Gasteiger partial charge is 0.366 e. The van der Waals surface area contributed by atoms with Crippen molar-refractivity contribution in [3.8, 4) is 0 Å². The van der Waals surface area contributed by atoms with Crippen LogP contribution in [0.5, 0.6) is 0 Å². The van der Waals surface area contributed by atoms with Crippen molar-refractivity contribution in [3.05, 3.63) is 90.3 Å². The number of aromatic nitrogens is 1. The molecule has 1 aliphatic carbocycles. The van der Waals surface area contributed by atoms with Crippen LogP contribution in [0.1, 0.15) is 66.3 Å². The van der Waals surface area contributed by atoms with E-state index >= 15 is 0 Å². The molecule has 1 aromatic heterocycles. The second-order valence-corrected chi connectivity index (χ2v) is 10.8. The van der Waals surface area contributed by atoms with E-state index in [0.717, 1.165) is 66.2 Å². The molecule has 0 N–H and O–H groups in total. The predicted molar refractivity (Wildman–Crippen MR) is 153 cm³/mol. The standard InChI is InChI=1S/C31H39N6.H2/c1-6-36-20-23(4)31(25-13-12-21(2)16-25)33-30(36)17-22(3)29-11-7-8-15-37(29)24(5)27-18-28(35-34-27)26-10-9-14-32-19-26;/h9-10,14,17-21,25,29H,3,5-8,11-13,15-16H2,1-2,4H3;1H/b30-17-;/t21-,25?,29-;/m0./s1. The van der Waals surface area contributed by atoms with Gasteiger partial charge in [-0.1, -0.05) is 26.5 Å². The number of nitrogens with zero attached hydrogens (tertiary/aromatic N) is 6. The van der Waals surface area contributed by atoms with Crippen LogP contribution in [0.2, 0.25) is 0 Å². The zero-order chi connectivity index (χ0) is 25.9. The Bertz CT molecular complexity index is 1190. The smallest absolute Gasteiger partial charge is 0.177 e. The minimum Gasteiger partial charge on any atom is -0.366 e. The lowest BCUT2D eigenvalue weighted by molar-refractivity contribution is 0.224. The van der Waals surface area contributed by atoms with Crippen LogP contribution in [0.4, 0.5) is 0 Å². The highest BCUT2D eigenvalue weighted by Gasteiger charge is 2.32. The quantitative estimate of drug-likeness (QED) is 0.391. The normalized spacial score (nSPS) is 27.4. The zero-order valence-electron chi connectivity index (χ0n) is 22.5. The summed E-state index contributed by atoms with van der Waals surface area (Å²) in [5.74, 6) is 2.36. The van der Waals surface area contributed by atoms with Crippen molar-refractivity contribution < 1.29 is 1.43 Å². The predicted octanol–water partition coefficient (Wildman–Crippen LogP) is 7.55. The Morgan fingerprint density at radius 3 is 2.78 bits per heavy atom. The minimum atomic E-state index is 0. The Hall–Kier alpha value is -3.28. The lowest BCUT2D eigenvalue weighted by atomic mass is 9.93. The zero-order valence-corrected chi connectivity index (χ0v) is 22.5. The van der Waals surface area contributed by atoms with Crippen molar-refractivity contribution in [1.82, 2.24) is 14.8 Å². The maximum absolute atomic E-state index is 5.24. The number of aliphatic imine (C=N–C) groups is 1. The van der Waals surface area contributed by atoms with E-state index in [1.54, 1.807) is 6.20 Å². The first-order chi connectivity index (χ1) is 17.9. The van der Waals surface area contributed by atoms with E-state index < -0.39 is 0 Å². The molecule has 3 aliphatic heterocycles. The average Bonchev–Trinajstić information content (AvgIpc) is 3.59. The molecule has 4 aliphatic rings.